The summed E-state index contributed by atoms with van der Waals surface area (Å²) in [5.74, 6) is -0.718. The Morgan fingerprint density at radius 1 is 1.59 bits per heavy atom. The number of carbonyl (C=O) groups is 1. The first-order valence-corrected chi connectivity index (χ1v) is 7.39. The fourth-order valence-corrected chi connectivity index (χ4v) is 3.55. The summed E-state index contributed by atoms with van der Waals surface area (Å²) in [4.78, 5) is 13.1. The standard InChI is InChI=1S/C10H20N2O4S/c1-8-6-17(15,16)5-4-12(8)7-10(2,11-3)9(13)14/h8,11H,4-7H2,1-3H3,(H,13,14). The minimum atomic E-state index is -2.96. The van der Waals surface area contributed by atoms with E-state index in [1.54, 1.807) is 14.0 Å². The number of carboxylic acids is 1. The maximum absolute atomic E-state index is 11.4. The Morgan fingerprint density at radius 2 is 2.18 bits per heavy atom. The van der Waals surface area contributed by atoms with Crippen molar-refractivity contribution in [3.05, 3.63) is 0 Å². The van der Waals surface area contributed by atoms with Gasteiger partial charge < -0.3 is 10.4 Å². The third-order valence-electron chi connectivity index (χ3n) is 3.35. The third kappa shape index (κ3) is 3.40. The summed E-state index contributed by atoms with van der Waals surface area (Å²) in [6, 6.07) is -0.138. The Morgan fingerprint density at radius 3 is 2.59 bits per heavy atom. The van der Waals surface area contributed by atoms with Crippen LogP contribution in [0.1, 0.15) is 13.8 Å². The molecule has 0 amide bonds. The Kier molecular flexibility index (Phi) is 4.16. The molecule has 2 N–H and O–H groups in total. The van der Waals surface area contributed by atoms with Crippen LogP contribution in [0.15, 0.2) is 0 Å². The van der Waals surface area contributed by atoms with Crippen molar-refractivity contribution in [3.8, 4) is 0 Å². The number of likely N-dealkylation sites (N-methyl/N-ethyl adjacent to an activating group) is 1. The zero-order chi connectivity index (χ0) is 13.3. The number of hydrogen-bond acceptors (Lipinski definition) is 5. The van der Waals surface area contributed by atoms with Gasteiger partial charge in [-0.15, -0.1) is 0 Å². The van der Waals surface area contributed by atoms with E-state index in [4.69, 9.17) is 5.11 Å². The molecule has 100 valence electrons. The van der Waals surface area contributed by atoms with Crippen molar-refractivity contribution in [2.75, 3.05) is 31.6 Å². The van der Waals surface area contributed by atoms with Gasteiger partial charge in [-0.1, -0.05) is 0 Å². The summed E-state index contributed by atoms with van der Waals surface area (Å²) in [6.07, 6.45) is 0. The first-order chi connectivity index (χ1) is 7.70. The summed E-state index contributed by atoms with van der Waals surface area (Å²) in [7, 11) is -1.36. The van der Waals surface area contributed by atoms with Crippen LogP contribution in [-0.2, 0) is 14.6 Å². The van der Waals surface area contributed by atoms with Gasteiger partial charge in [-0.05, 0) is 20.9 Å². The van der Waals surface area contributed by atoms with Crippen LogP contribution in [0.2, 0.25) is 0 Å². The van der Waals surface area contributed by atoms with Gasteiger partial charge in [-0.25, -0.2) is 8.42 Å². The summed E-state index contributed by atoms with van der Waals surface area (Å²) < 4.78 is 22.8. The van der Waals surface area contributed by atoms with Gasteiger partial charge in [0, 0.05) is 19.1 Å². The minimum absolute atomic E-state index is 0.104. The van der Waals surface area contributed by atoms with Crippen LogP contribution < -0.4 is 5.32 Å². The average Bonchev–Trinajstić information content (AvgIpc) is 2.21. The molecule has 7 heteroatoms. The normalized spacial score (nSPS) is 28.5. The minimum Gasteiger partial charge on any atom is -0.480 e. The van der Waals surface area contributed by atoms with Gasteiger partial charge in [0.2, 0.25) is 0 Å². The van der Waals surface area contributed by atoms with E-state index >= 15 is 0 Å². The van der Waals surface area contributed by atoms with E-state index in [9.17, 15) is 13.2 Å². The molecule has 0 spiro atoms. The van der Waals surface area contributed by atoms with E-state index < -0.39 is 21.3 Å². The van der Waals surface area contributed by atoms with Crippen LogP contribution in [0.4, 0.5) is 0 Å². The summed E-state index contributed by atoms with van der Waals surface area (Å²) in [6.45, 7) is 4.11. The first-order valence-electron chi connectivity index (χ1n) is 5.57. The molecular weight excluding hydrogens is 244 g/mol. The maximum Gasteiger partial charge on any atom is 0.324 e. The molecule has 0 aromatic carbocycles. The van der Waals surface area contributed by atoms with Gasteiger partial charge >= 0.3 is 5.97 Å². The Balaban J connectivity index is 2.73. The summed E-state index contributed by atoms with van der Waals surface area (Å²) in [5.41, 5.74) is -1.05. The zero-order valence-corrected chi connectivity index (χ0v) is 11.2. The zero-order valence-electron chi connectivity index (χ0n) is 10.4. The van der Waals surface area contributed by atoms with E-state index in [0.29, 0.717) is 13.1 Å². The molecule has 1 fully saturated rings. The molecule has 2 unspecified atom stereocenters. The largest absolute Gasteiger partial charge is 0.480 e. The Bertz CT molecular complexity index is 395. The van der Waals surface area contributed by atoms with Crippen molar-refractivity contribution in [2.24, 2.45) is 0 Å². The molecule has 0 bridgehead atoms. The molecule has 1 aliphatic rings. The smallest absolute Gasteiger partial charge is 0.324 e. The van der Waals surface area contributed by atoms with Crippen LogP contribution in [0, 0.1) is 0 Å². The maximum atomic E-state index is 11.4. The second-order valence-corrected chi connectivity index (χ2v) is 7.05. The van der Waals surface area contributed by atoms with Crippen molar-refractivity contribution >= 4 is 15.8 Å². The number of sulfone groups is 1. The number of aliphatic carboxylic acids is 1. The van der Waals surface area contributed by atoms with Crippen molar-refractivity contribution < 1.29 is 18.3 Å². The molecule has 1 saturated heterocycles. The number of nitrogens with zero attached hydrogens (tertiary/aromatic N) is 1. The monoisotopic (exact) mass is 264 g/mol. The van der Waals surface area contributed by atoms with Crippen molar-refractivity contribution in [2.45, 2.75) is 25.4 Å². The highest BCUT2D eigenvalue weighted by Crippen LogP contribution is 2.15. The molecule has 17 heavy (non-hydrogen) atoms. The van der Waals surface area contributed by atoms with Gasteiger partial charge in [0.05, 0.1) is 11.5 Å². The van der Waals surface area contributed by atoms with Crippen LogP contribution in [0.25, 0.3) is 0 Å². The predicted octanol–water partition coefficient (Wildman–Crippen LogP) is -0.832. The second-order valence-electron chi connectivity index (χ2n) is 4.82. The summed E-state index contributed by atoms with van der Waals surface area (Å²) >= 11 is 0. The average molecular weight is 264 g/mol. The topological polar surface area (TPSA) is 86.7 Å². The number of rotatable bonds is 4. The lowest BCUT2D eigenvalue weighted by Crippen LogP contribution is -2.59. The lowest BCUT2D eigenvalue weighted by molar-refractivity contribution is -0.144. The second kappa shape index (κ2) is 4.91. The van der Waals surface area contributed by atoms with Crippen LogP contribution >= 0.6 is 0 Å². The SMILES string of the molecule is CNC(C)(CN1CCS(=O)(=O)CC1C)C(=O)O. The molecule has 0 radical (unpaired) electrons. The van der Waals surface area contributed by atoms with Gasteiger partial charge in [0.1, 0.15) is 5.54 Å². The summed E-state index contributed by atoms with van der Waals surface area (Å²) in [5, 5.41) is 11.9. The van der Waals surface area contributed by atoms with E-state index in [0.717, 1.165) is 0 Å². The van der Waals surface area contributed by atoms with Crippen LogP contribution in [0.5, 0.6) is 0 Å². The van der Waals surface area contributed by atoms with Gasteiger partial charge in [0.15, 0.2) is 9.84 Å². The molecular formula is C10H20N2O4S. The Labute approximate surface area is 102 Å². The highest BCUT2D eigenvalue weighted by Gasteiger charge is 2.37. The molecule has 6 nitrogen and oxygen atoms in total. The molecule has 1 aliphatic heterocycles. The Hall–Kier alpha value is -0.660. The predicted molar refractivity (Wildman–Crippen MR) is 64.8 cm³/mol. The lowest BCUT2D eigenvalue weighted by Gasteiger charge is -2.38. The quantitative estimate of drug-likeness (QED) is 0.689. The highest BCUT2D eigenvalue weighted by molar-refractivity contribution is 7.91. The number of nitrogens with one attached hydrogen (secondary N) is 1. The van der Waals surface area contributed by atoms with Crippen molar-refractivity contribution in [3.63, 3.8) is 0 Å². The number of hydrogen-bond donors (Lipinski definition) is 2. The van der Waals surface area contributed by atoms with Gasteiger partial charge in [-0.2, -0.15) is 0 Å². The fraction of sp³-hybridized carbons (Fsp3) is 0.900. The van der Waals surface area contributed by atoms with E-state index in [2.05, 4.69) is 5.32 Å². The highest BCUT2D eigenvalue weighted by atomic mass is 32.2. The number of carboxylic acid groups (broad SMARTS) is 1. The van der Waals surface area contributed by atoms with E-state index in [1.807, 2.05) is 11.8 Å². The van der Waals surface area contributed by atoms with Gasteiger partial charge in [0.25, 0.3) is 0 Å². The molecule has 0 aromatic rings. The molecule has 1 heterocycles. The molecule has 0 aliphatic carbocycles. The van der Waals surface area contributed by atoms with Crippen LogP contribution in [0.3, 0.4) is 0 Å². The van der Waals surface area contributed by atoms with Crippen molar-refractivity contribution in [1.29, 1.82) is 0 Å². The van der Waals surface area contributed by atoms with E-state index in [1.165, 1.54) is 0 Å². The van der Waals surface area contributed by atoms with Crippen molar-refractivity contribution in [1.82, 2.24) is 10.2 Å². The molecule has 0 aromatic heterocycles. The third-order valence-corrected chi connectivity index (χ3v) is 5.15. The molecule has 2 atom stereocenters. The lowest BCUT2D eigenvalue weighted by atomic mass is 10.0. The fourth-order valence-electron chi connectivity index (χ4n) is 1.93. The molecule has 1 rings (SSSR count). The van der Waals surface area contributed by atoms with Crippen LogP contribution in [-0.4, -0.2) is 67.6 Å². The first kappa shape index (κ1) is 14.4. The molecule has 0 saturated carbocycles. The van der Waals surface area contributed by atoms with Gasteiger partial charge in [-0.3, -0.25) is 9.69 Å². The van der Waals surface area contributed by atoms with E-state index in [-0.39, 0.29) is 17.5 Å².